The van der Waals surface area contributed by atoms with Crippen LogP contribution < -0.4 is 10.6 Å². The molecule has 10 heteroatoms. The van der Waals surface area contributed by atoms with Gasteiger partial charge in [0.05, 0.1) is 32.6 Å². The molecule has 2 amide bonds. The lowest BCUT2D eigenvalue weighted by Gasteiger charge is -2.18. The molecule has 2 N–H and O–H groups in total. The van der Waals surface area contributed by atoms with Crippen molar-refractivity contribution in [1.29, 1.82) is 0 Å². The minimum atomic E-state index is -0.552. The Morgan fingerprint density at radius 2 is 2.00 bits per heavy atom. The van der Waals surface area contributed by atoms with E-state index in [4.69, 9.17) is 9.47 Å². The topological polar surface area (TPSA) is 117 Å². The van der Waals surface area contributed by atoms with E-state index >= 15 is 0 Å². The Morgan fingerprint density at radius 1 is 1.21 bits per heavy atom. The molecular weight excluding hydrogens is 366 g/mol. The molecule has 0 saturated carbocycles. The summed E-state index contributed by atoms with van der Waals surface area (Å²) in [5.41, 5.74) is 1.14. The maximum atomic E-state index is 12.2. The van der Waals surface area contributed by atoms with Crippen molar-refractivity contribution in [3.63, 3.8) is 0 Å². The van der Waals surface area contributed by atoms with Gasteiger partial charge in [0.1, 0.15) is 18.2 Å². The third kappa shape index (κ3) is 3.69. The van der Waals surface area contributed by atoms with E-state index in [0.29, 0.717) is 19.8 Å². The molecule has 0 bridgehead atoms. The second-order valence-electron chi connectivity index (χ2n) is 6.66. The van der Waals surface area contributed by atoms with E-state index in [2.05, 4.69) is 25.7 Å². The summed E-state index contributed by atoms with van der Waals surface area (Å²) in [6, 6.07) is 8.89. The number of nitrogens with zero attached hydrogens (tertiary/aromatic N) is 3. The summed E-state index contributed by atoms with van der Waals surface area (Å²) in [7, 11) is 1.29. The average molecular weight is 387 g/mol. The highest BCUT2D eigenvalue weighted by Crippen LogP contribution is 2.33. The Balaban J connectivity index is 1.33. The van der Waals surface area contributed by atoms with Crippen molar-refractivity contribution >= 4 is 12.0 Å². The number of fused-ring (bicyclic) bond motifs is 1. The predicted octanol–water partition coefficient (Wildman–Crippen LogP) is 0.271. The number of hydrogen-bond acceptors (Lipinski definition) is 7. The molecule has 28 heavy (non-hydrogen) atoms. The summed E-state index contributed by atoms with van der Waals surface area (Å²) in [5, 5.41) is 13.5. The molecule has 0 spiro atoms. The van der Waals surface area contributed by atoms with Gasteiger partial charge >= 0.3 is 12.0 Å². The Kier molecular flexibility index (Phi) is 5.22. The number of hydrogen-bond donors (Lipinski definition) is 2. The van der Waals surface area contributed by atoms with E-state index in [1.165, 1.54) is 13.3 Å². The smallest absolute Gasteiger partial charge is 0.360 e. The van der Waals surface area contributed by atoms with Crippen LogP contribution in [0.3, 0.4) is 0 Å². The summed E-state index contributed by atoms with van der Waals surface area (Å²) in [4.78, 5) is 23.8. The van der Waals surface area contributed by atoms with Gasteiger partial charge in [-0.1, -0.05) is 35.5 Å². The molecule has 3 heterocycles. The van der Waals surface area contributed by atoms with Gasteiger partial charge in [-0.05, 0) is 5.56 Å². The van der Waals surface area contributed by atoms with E-state index in [1.54, 1.807) is 4.68 Å². The van der Waals surface area contributed by atoms with E-state index in [0.717, 1.165) is 5.56 Å². The second-order valence-corrected chi connectivity index (χ2v) is 6.66. The standard InChI is InChI=1S/C18H21N5O5/c1-26-17(24)12-8-23(22-21-12)14-10-28-15-13(9-27-16(14)15)20-18(25)19-7-11-5-3-2-4-6-11/h2-6,8,13-16H,7,9-10H2,1H3,(H2,19,20,25). The molecule has 2 aromatic rings. The predicted molar refractivity (Wildman–Crippen MR) is 95.5 cm³/mol. The van der Waals surface area contributed by atoms with Crippen molar-refractivity contribution in [2.45, 2.75) is 30.8 Å². The van der Waals surface area contributed by atoms with Crippen LogP contribution in [0, 0.1) is 0 Å². The highest BCUT2D eigenvalue weighted by atomic mass is 16.6. The second kappa shape index (κ2) is 7.95. The lowest BCUT2D eigenvalue weighted by atomic mass is 10.1. The monoisotopic (exact) mass is 387 g/mol. The fourth-order valence-corrected chi connectivity index (χ4v) is 3.46. The number of ether oxygens (including phenoxy) is 3. The fourth-order valence-electron chi connectivity index (χ4n) is 3.46. The van der Waals surface area contributed by atoms with Gasteiger partial charge in [-0.2, -0.15) is 0 Å². The normalized spacial score (nSPS) is 25.9. The van der Waals surface area contributed by atoms with Crippen molar-refractivity contribution in [3.05, 3.63) is 47.8 Å². The van der Waals surface area contributed by atoms with Crippen LogP contribution in [-0.4, -0.2) is 65.6 Å². The molecule has 2 saturated heterocycles. The van der Waals surface area contributed by atoms with E-state index in [1.807, 2.05) is 30.3 Å². The highest BCUT2D eigenvalue weighted by Gasteiger charge is 2.49. The molecule has 4 atom stereocenters. The fraction of sp³-hybridized carbons (Fsp3) is 0.444. The van der Waals surface area contributed by atoms with E-state index in [-0.39, 0.29) is 36.0 Å². The molecule has 2 fully saturated rings. The van der Waals surface area contributed by atoms with Crippen molar-refractivity contribution in [1.82, 2.24) is 25.6 Å². The molecule has 1 aromatic carbocycles. The summed E-state index contributed by atoms with van der Waals surface area (Å²) < 4.78 is 17.9. The number of amides is 2. The number of esters is 1. The lowest BCUT2D eigenvalue weighted by Crippen LogP contribution is -2.48. The molecule has 4 unspecified atom stereocenters. The number of carbonyl (C=O) groups is 2. The largest absolute Gasteiger partial charge is 0.464 e. The van der Waals surface area contributed by atoms with E-state index in [9.17, 15) is 9.59 Å². The summed E-state index contributed by atoms with van der Waals surface area (Å²) in [6.07, 6.45) is 0.934. The van der Waals surface area contributed by atoms with Gasteiger partial charge in [-0.25, -0.2) is 14.3 Å². The van der Waals surface area contributed by atoms with Crippen molar-refractivity contribution in [2.75, 3.05) is 20.3 Å². The van der Waals surface area contributed by atoms with Gasteiger partial charge in [0.15, 0.2) is 5.69 Å². The van der Waals surface area contributed by atoms with Gasteiger partial charge in [-0.3, -0.25) is 0 Å². The van der Waals surface area contributed by atoms with Crippen LogP contribution >= 0.6 is 0 Å². The first kappa shape index (κ1) is 18.4. The van der Waals surface area contributed by atoms with Crippen LogP contribution in [0.25, 0.3) is 0 Å². The number of aromatic nitrogens is 3. The van der Waals surface area contributed by atoms with Crippen LogP contribution in [0.2, 0.25) is 0 Å². The highest BCUT2D eigenvalue weighted by molar-refractivity contribution is 5.86. The molecule has 0 radical (unpaired) electrons. The summed E-state index contributed by atoms with van der Waals surface area (Å²) >= 11 is 0. The number of carbonyl (C=O) groups excluding carboxylic acids is 2. The molecule has 0 aliphatic carbocycles. The number of benzene rings is 1. The molecular formula is C18H21N5O5. The third-order valence-electron chi connectivity index (χ3n) is 4.88. The third-order valence-corrected chi connectivity index (χ3v) is 4.88. The zero-order valence-corrected chi connectivity index (χ0v) is 15.3. The maximum absolute atomic E-state index is 12.2. The zero-order valence-electron chi connectivity index (χ0n) is 15.3. The van der Waals surface area contributed by atoms with Crippen LogP contribution in [0.4, 0.5) is 4.79 Å². The Labute approximate surface area is 161 Å². The van der Waals surface area contributed by atoms with Crippen LogP contribution in [-0.2, 0) is 20.8 Å². The van der Waals surface area contributed by atoms with Gasteiger partial charge < -0.3 is 24.8 Å². The summed E-state index contributed by atoms with van der Waals surface area (Å²) in [6.45, 7) is 1.12. The SMILES string of the molecule is COC(=O)c1cn(C2COC3C(NC(=O)NCc4ccccc4)COC32)nn1. The van der Waals surface area contributed by atoms with Crippen molar-refractivity contribution in [3.8, 4) is 0 Å². The van der Waals surface area contributed by atoms with Gasteiger partial charge in [0, 0.05) is 6.54 Å². The minimum Gasteiger partial charge on any atom is -0.464 e. The molecule has 1 aromatic heterocycles. The van der Waals surface area contributed by atoms with Crippen LogP contribution in [0.5, 0.6) is 0 Å². The quantitative estimate of drug-likeness (QED) is 0.708. The van der Waals surface area contributed by atoms with E-state index < -0.39 is 5.97 Å². The molecule has 2 aliphatic rings. The number of rotatable bonds is 5. The zero-order chi connectivity index (χ0) is 19.5. The number of methoxy groups -OCH3 is 1. The van der Waals surface area contributed by atoms with Crippen LogP contribution in [0.15, 0.2) is 36.5 Å². The number of nitrogens with one attached hydrogen (secondary N) is 2. The average Bonchev–Trinajstić information content (AvgIpc) is 3.44. The molecule has 2 aliphatic heterocycles. The first-order chi connectivity index (χ1) is 13.7. The van der Waals surface area contributed by atoms with Gasteiger partial charge in [0.25, 0.3) is 0 Å². The Morgan fingerprint density at radius 3 is 2.79 bits per heavy atom. The molecule has 4 rings (SSSR count). The first-order valence-electron chi connectivity index (χ1n) is 8.97. The minimum absolute atomic E-state index is 0.124. The summed E-state index contributed by atoms with van der Waals surface area (Å²) in [5.74, 6) is -0.552. The van der Waals surface area contributed by atoms with Crippen molar-refractivity contribution in [2.24, 2.45) is 0 Å². The maximum Gasteiger partial charge on any atom is 0.360 e. The molecule has 10 nitrogen and oxygen atoms in total. The Bertz CT molecular complexity index is 842. The molecule has 148 valence electrons. The first-order valence-corrected chi connectivity index (χ1v) is 8.97. The Hall–Kier alpha value is -2.98. The van der Waals surface area contributed by atoms with Crippen LogP contribution in [0.1, 0.15) is 22.1 Å². The lowest BCUT2D eigenvalue weighted by molar-refractivity contribution is 0.0592. The van der Waals surface area contributed by atoms with Crippen molar-refractivity contribution < 1.29 is 23.8 Å². The number of urea groups is 1. The van der Waals surface area contributed by atoms with Gasteiger partial charge in [0.2, 0.25) is 0 Å². The van der Waals surface area contributed by atoms with Gasteiger partial charge in [-0.15, -0.1) is 5.10 Å².